The van der Waals surface area contributed by atoms with Gasteiger partial charge in [0.25, 0.3) is 0 Å². The molecule has 4 heterocycles. The first kappa shape index (κ1) is 57.9. The molecule has 0 radical (unpaired) electrons. The van der Waals surface area contributed by atoms with Gasteiger partial charge in [0.2, 0.25) is 0 Å². The van der Waals surface area contributed by atoms with E-state index in [2.05, 4.69) is 96.0 Å². The highest BCUT2D eigenvalue weighted by Gasteiger charge is 2.52. The SMILES string of the molecule is CC1(C)OB(c2ccc(C#N)c3ccccc23)OC1(C)C.COC(=O)CS.COC(=O)CSc1ncncc1Br.Clc1ncncc1Br.N#Cc1ccc(-c2cncnc2SCC(=O)O)c2ccccc12. The first-order chi connectivity index (χ1) is 33.9. The molecule has 4 aromatic carbocycles. The third-order valence-electron chi connectivity index (χ3n) is 10.1. The molecular formula is C48H44BBr2ClN8O8S3. The highest BCUT2D eigenvalue weighted by molar-refractivity contribution is 9.10. The second kappa shape index (κ2) is 28.4. The van der Waals surface area contributed by atoms with E-state index < -0.39 is 13.1 Å². The van der Waals surface area contributed by atoms with Gasteiger partial charge in [0.05, 0.1) is 74.9 Å². The van der Waals surface area contributed by atoms with Crippen LogP contribution in [0, 0.1) is 22.7 Å². The van der Waals surface area contributed by atoms with Gasteiger partial charge in [0.1, 0.15) is 34.2 Å². The minimum absolute atomic E-state index is 0.0712. The molecule has 23 heteroatoms. The number of thioether (sulfide) groups is 2. The van der Waals surface area contributed by atoms with Crippen LogP contribution in [0.5, 0.6) is 0 Å². The number of carbonyl (C=O) groups excluding carboxylic acids is 2. The Morgan fingerprint density at radius 3 is 1.68 bits per heavy atom. The summed E-state index contributed by atoms with van der Waals surface area (Å²) in [5.74, 6) is -1.11. The Balaban J connectivity index is 0.000000209. The van der Waals surface area contributed by atoms with Crippen LogP contribution in [0.2, 0.25) is 5.15 Å². The highest BCUT2D eigenvalue weighted by Crippen LogP contribution is 2.38. The number of carboxylic acids is 1. The molecule has 1 saturated heterocycles. The minimum Gasteiger partial charge on any atom is -0.481 e. The van der Waals surface area contributed by atoms with Crippen molar-refractivity contribution in [2.45, 2.75) is 48.9 Å². The summed E-state index contributed by atoms with van der Waals surface area (Å²) in [6.07, 6.45) is 9.13. The Kier molecular flexibility index (Phi) is 23.1. The van der Waals surface area contributed by atoms with Crippen LogP contribution in [0.25, 0.3) is 32.7 Å². The molecule has 8 rings (SSSR count). The van der Waals surface area contributed by atoms with E-state index >= 15 is 0 Å². The summed E-state index contributed by atoms with van der Waals surface area (Å²) in [6, 6.07) is 27.3. The molecule has 1 aliphatic heterocycles. The van der Waals surface area contributed by atoms with Gasteiger partial charge in [-0.2, -0.15) is 23.2 Å². The van der Waals surface area contributed by atoms with Crippen molar-refractivity contribution in [3.63, 3.8) is 0 Å². The second-order valence-electron chi connectivity index (χ2n) is 15.1. The van der Waals surface area contributed by atoms with Crippen LogP contribution in [0.1, 0.15) is 38.8 Å². The number of nitriles is 2. The van der Waals surface area contributed by atoms with Gasteiger partial charge in [-0.1, -0.05) is 95.8 Å². The van der Waals surface area contributed by atoms with Crippen LogP contribution in [0.4, 0.5) is 0 Å². The van der Waals surface area contributed by atoms with Crippen LogP contribution >= 0.6 is 79.6 Å². The topological polar surface area (TPSA) is 233 Å². The number of aliphatic carboxylic acids is 1. The van der Waals surface area contributed by atoms with Crippen LogP contribution in [0.15, 0.2) is 129 Å². The van der Waals surface area contributed by atoms with E-state index in [1.165, 1.54) is 45.0 Å². The molecular weight excluding hydrogens is 1120 g/mol. The molecule has 0 aliphatic carbocycles. The van der Waals surface area contributed by atoms with E-state index in [4.69, 9.17) is 26.0 Å². The van der Waals surface area contributed by atoms with Gasteiger partial charge in [-0.15, -0.1) is 0 Å². The van der Waals surface area contributed by atoms with Gasteiger partial charge in [0.15, 0.2) is 0 Å². The molecule has 7 aromatic rings. The zero-order chi connectivity index (χ0) is 52.1. The number of thiol groups is 1. The number of hydrogen-bond acceptors (Lipinski definition) is 18. The van der Waals surface area contributed by atoms with Crippen LogP contribution < -0.4 is 5.46 Å². The van der Waals surface area contributed by atoms with Crippen molar-refractivity contribution < 1.29 is 38.3 Å². The maximum absolute atomic E-state index is 10.8. The number of carboxylic acid groups (broad SMARTS) is 1. The van der Waals surface area contributed by atoms with E-state index in [9.17, 15) is 24.9 Å². The fourth-order valence-electron chi connectivity index (χ4n) is 5.93. The second-order valence-corrected chi connectivity index (χ2v) is 19.4. The number of hydrogen-bond donors (Lipinski definition) is 2. The number of ether oxygens (including phenoxy) is 2. The zero-order valence-corrected chi connectivity index (χ0v) is 45.3. The number of carbonyl (C=O) groups is 3. The Morgan fingerprint density at radius 2 is 1.18 bits per heavy atom. The molecule has 0 amide bonds. The zero-order valence-electron chi connectivity index (χ0n) is 38.9. The van der Waals surface area contributed by atoms with Crippen molar-refractivity contribution in [3.8, 4) is 23.3 Å². The number of esters is 2. The lowest BCUT2D eigenvalue weighted by Crippen LogP contribution is -2.41. The van der Waals surface area contributed by atoms with Crippen LogP contribution in [-0.2, 0) is 33.2 Å². The standard InChI is InChI=1S/C17H18BNO2.C17H11N3O2S.C7H7BrN2O2S.C4H2BrClN2.C3H6O2S/c1-16(2)17(3,4)21-18(20-16)15-10-9-12(11-19)13-7-5-6-8-14(13)15;18-7-11-5-6-14(13-4-2-1-3-12(11)13)15-8-19-10-20-17(15)23-9-16(21)22;1-12-6(11)3-13-7-5(8)2-9-4-10-7;5-3-1-7-2-8-4(3)6;1-5-3(4)2-6/h5-10H,1-4H3;1-6,8,10H,9H2,(H,21,22);2,4H,3H2,1H3;1-2H;6H,2H2,1H3. The largest absolute Gasteiger partial charge is 0.495 e. The average molecular weight is 1160 g/mol. The Bertz CT molecular complexity index is 3020. The van der Waals surface area contributed by atoms with Crippen LogP contribution in [-0.4, -0.2) is 103 Å². The summed E-state index contributed by atoms with van der Waals surface area (Å²) in [5, 5.41) is 32.9. The van der Waals surface area contributed by atoms with Crippen molar-refractivity contribution >= 4 is 132 Å². The number of fused-ring (bicyclic) bond motifs is 2. The Hall–Kier alpha value is -5.69. The van der Waals surface area contributed by atoms with Crippen molar-refractivity contribution in [3.05, 3.63) is 136 Å². The summed E-state index contributed by atoms with van der Waals surface area (Å²) in [5.41, 5.74) is 3.15. The number of rotatable bonds is 9. The van der Waals surface area contributed by atoms with Gasteiger partial charge < -0.3 is 23.9 Å². The molecule has 366 valence electrons. The lowest BCUT2D eigenvalue weighted by Gasteiger charge is -2.32. The molecule has 1 fully saturated rings. The number of methoxy groups -OCH3 is 2. The highest BCUT2D eigenvalue weighted by atomic mass is 79.9. The lowest BCUT2D eigenvalue weighted by molar-refractivity contribution is -0.138. The maximum Gasteiger partial charge on any atom is 0.495 e. The lowest BCUT2D eigenvalue weighted by atomic mass is 9.75. The van der Waals surface area contributed by atoms with Crippen molar-refractivity contribution in [2.24, 2.45) is 0 Å². The molecule has 71 heavy (non-hydrogen) atoms. The van der Waals surface area contributed by atoms with Gasteiger partial charge in [-0.3, -0.25) is 14.4 Å². The quantitative estimate of drug-likeness (QED) is 0.0450. The number of aromatic nitrogens is 6. The molecule has 0 unspecified atom stereocenters. The Morgan fingerprint density at radius 1 is 0.690 bits per heavy atom. The van der Waals surface area contributed by atoms with Crippen molar-refractivity contribution in [1.29, 1.82) is 10.5 Å². The minimum atomic E-state index is -0.899. The average Bonchev–Trinajstić information content (AvgIpc) is 3.60. The molecule has 3 aromatic heterocycles. The molecule has 0 saturated carbocycles. The van der Waals surface area contributed by atoms with Crippen molar-refractivity contribution in [1.82, 2.24) is 29.9 Å². The predicted octanol–water partition coefficient (Wildman–Crippen LogP) is 9.84. The molecule has 16 nitrogen and oxygen atoms in total. The van der Waals surface area contributed by atoms with E-state index in [0.717, 1.165) is 63.9 Å². The van der Waals surface area contributed by atoms with Crippen molar-refractivity contribution in [2.75, 3.05) is 31.5 Å². The summed E-state index contributed by atoms with van der Waals surface area (Å²) < 4.78 is 22.4. The van der Waals surface area contributed by atoms with Gasteiger partial charge in [-0.25, -0.2) is 29.9 Å². The summed E-state index contributed by atoms with van der Waals surface area (Å²) in [4.78, 5) is 54.9. The van der Waals surface area contributed by atoms with E-state index in [0.29, 0.717) is 21.3 Å². The molecule has 1 N–H and O–H groups in total. The van der Waals surface area contributed by atoms with E-state index in [-0.39, 0.29) is 40.4 Å². The number of nitrogens with zero attached hydrogens (tertiary/aromatic N) is 8. The van der Waals surface area contributed by atoms with Gasteiger partial charge in [-0.05, 0) is 98.9 Å². The fourth-order valence-corrected chi connectivity index (χ4v) is 8.32. The third kappa shape index (κ3) is 16.7. The Labute approximate surface area is 446 Å². The van der Waals surface area contributed by atoms with Gasteiger partial charge in [0, 0.05) is 29.5 Å². The molecule has 0 bridgehead atoms. The molecule has 1 aliphatic rings. The fraction of sp³-hybridized carbons (Fsp3) is 0.229. The monoisotopic (exact) mass is 1160 g/mol. The maximum atomic E-state index is 10.8. The predicted molar refractivity (Wildman–Crippen MR) is 286 cm³/mol. The van der Waals surface area contributed by atoms with Crippen LogP contribution in [0.3, 0.4) is 0 Å². The molecule has 0 atom stereocenters. The number of benzene rings is 4. The summed E-state index contributed by atoms with van der Waals surface area (Å²) in [6.45, 7) is 8.16. The summed E-state index contributed by atoms with van der Waals surface area (Å²) >= 11 is 18.0. The first-order valence-electron chi connectivity index (χ1n) is 20.7. The molecule has 0 spiro atoms. The third-order valence-corrected chi connectivity index (χ3v) is 14.3. The smallest absolute Gasteiger partial charge is 0.481 e. The summed E-state index contributed by atoms with van der Waals surface area (Å²) in [7, 11) is 2.28. The number of halogens is 3. The first-order valence-corrected chi connectivity index (χ1v) is 25.3. The normalized spacial score (nSPS) is 12.6. The van der Waals surface area contributed by atoms with E-state index in [1.807, 2.05) is 94.4 Å². The van der Waals surface area contributed by atoms with Gasteiger partial charge >= 0.3 is 25.0 Å². The van der Waals surface area contributed by atoms with E-state index in [1.54, 1.807) is 24.7 Å².